The van der Waals surface area contributed by atoms with E-state index in [1.54, 1.807) is 25.7 Å². The molecular weight excluding hydrogens is 544 g/mol. The monoisotopic (exact) mass is 594 g/mol. The van der Waals surface area contributed by atoms with Crippen LogP contribution in [0.25, 0.3) is 11.0 Å². The fraction of sp³-hybridized carbons (Fsp3) is 0.697. The minimum atomic E-state index is -0.626. The number of nitrogens with one attached hydrogen (secondary N) is 1. The van der Waals surface area contributed by atoms with Crippen molar-refractivity contribution in [2.45, 2.75) is 121 Å². The quantitative estimate of drug-likeness (QED) is 0.392. The molecule has 0 radical (unpaired) electrons. The van der Waals surface area contributed by atoms with Gasteiger partial charge < -0.3 is 20.4 Å². The summed E-state index contributed by atoms with van der Waals surface area (Å²) >= 11 is 0. The number of nitrogens with zero attached hydrogens (tertiary/aromatic N) is 4. The fourth-order valence-corrected chi connectivity index (χ4v) is 7.68. The Labute approximate surface area is 255 Å². The zero-order valence-electron chi connectivity index (χ0n) is 26.2. The van der Waals surface area contributed by atoms with Crippen LogP contribution in [0.4, 0.5) is 5.82 Å². The number of primary amides is 1. The van der Waals surface area contributed by atoms with E-state index < -0.39 is 17.5 Å². The molecule has 2 unspecified atom stereocenters. The van der Waals surface area contributed by atoms with Gasteiger partial charge in [-0.25, -0.2) is 4.98 Å². The third-order valence-electron chi connectivity index (χ3n) is 9.29. The molecule has 1 saturated carbocycles. The number of carbonyl (C=O) groups is 2. The highest BCUT2D eigenvalue weighted by Gasteiger charge is 2.44. The first kappa shape index (κ1) is 31.4. The van der Waals surface area contributed by atoms with Crippen LogP contribution in [0.1, 0.15) is 97.4 Å². The number of anilines is 1. The predicted octanol–water partition coefficient (Wildman–Crippen LogP) is 4.22. The third kappa shape index (κ3) is 7.95. The van der Waals surface area contributed by atoms with Crippen LogP contribution in [-0.2, 0) is 14.3 Å². The Balaban J connectivity index is 1.32. The average molecular weight is 595 g/mol. The highest BCUT2D eigenvalue weighted by molar-refractivity contribution is 5.78. The van der Waals surface area contributed by atoms with Crippen LogP contribution < -0.4 is 16.6 Å². The van der Waals surface area contributed by atoms with Crippen molar-refractivity contribution in [1.29, 1.82) is 0 Å². The van der Waals surface area contributed by atoms with Crippen molar-refractivity contribution in [2.24, 2.45) is 5.73 Å². The second kappa shape index (κ2) is 13.8. The molecule has 3 heterocycles. The van der Waals surface area contributed by atoms with Crippen LogP contribution in [0.15, 0.2) is 29.1 Å². The summed E-state index contributed by atoms with van der Waals surface area (Å²) in [6.07, 6.45) is 13.8. The van der Waals surface area contributed by atoms with E-state index in [4.69, 9.17) is 15.5 Å². The lowest BCUT2D eigenvalue weighted by molar-refractivity contribution is -0.156. The van der Waals surface area contributed by atoms with Gasteiger partial charge in [-0.05, 0) is 71.4 Å². The number of hydrogen-bond acceptors (Lipinski definition) is 8. The van der Waals surface area contributed by atoms with Gasteiger partial charge in [-0.2, -0.15) is 0 Å². The molecule has 10 nitrogen and oxygen atoms in total. The molecule has 10 heteroatoms. The smallest absolute Gasteiger partial charge is 0.320 e. The van der Waals surface area contributed by atoms with Crippen LogP contribution in [-0.4, -0.2) is 81.1 Å². The number of ether oxygens (including phenoxy) is 1. The van der Waals surface area contributed by atoms with Gasteiger partial charge in [0.1, 0.15) is 5.60 Å². The average Bonchev–Trinajstić information content (AvgIpc) is 3.16. The topological polar surface area (TPSA) is 123 Å². The lowest BCUT2D eigenvalue weighted by Crippen LogP contribution is -2.50. The minimum absolute atomic E-state index is 0.0698. The van der Waals surface area contributed by atoms with E-state index in [1.165, 1.54) is 57.8 Å². The molecule has 1 aromatic heterocycles. The lowest BCUT2D eigenvalue weighted by Gasteiger charge is -2.45. The third-order valence-corrected chi connectivity index (χ3v) is 9.29. The SMILES string of the molecule is CC(C)(C)OC(=O)CN(CCNc1nc2ccccc2n(C2CC3CCC(C2)N3C2CCCCCCC2)c1=O)CC(N)=O. The van der Waals surface area contributed by atoms with Crippen molar-refractivity contribution < 1.29 is 14.3 Å². The van der Waals surface area contributed by atoms with E-state index in [-0.39, 0.29) is 24.7 Å². The Morgan fingerprint density at radius 1 is 0.953 bits per heavy atom. The van der Waals surface area contributed by atoms with Crippen LogP contribution >= 0.6 is 0 Å². The number of benzene rings is 1. The molecule has 2 atom stereocenters. The molecule has 5 rings (SSSR count). The van der Waals surface area contributed by atoms with Crippen molar-refractivity contribution in [2.75, 3.05) is 31.5 Å². The maximum atomic E-state index is 14.0. The summed E-state index contributed by atoms with van der Waals surface area (Å²) in [5.41, 5.74) is 6.36. The molecule has 2 saturated heterocycles. The molecule has 43 heavy (non-hydrogen) atoms. The number of amides is 1. The van der Waals surface area contributed by atoms with Gasteiger partial charge in [0.25, 0.3) is 5.56 Å². The van der Waals surface area contributed by atoms with E-state index >= 15 is 0 Å². The molecule has 236 valence electrons. The summed E-state index contributed by atoms with van der Waals surface area (Å²) in [7, 11) is 0. The largest absolute Gasteiger partial charge is 0.459 e. The summed E-state index contributed by atoms with van der Waals surface area (Å²) in [5, 5.41) is 3.22. The minimum Gasteiger partial charge on any atom is -0.459 e. The van der Waals surface area contributed by atoms with Crippen LogP contribution in [0.3, 0.4) is 0 Å². The van der Waals surface area contributed by atoms with Crippen LogP contribution in [0, 0.1) is 0 Å². The van der Waals surface area contributed by atoms with E-state index in [0.717, 1.165) is 23.9 Å². The zero-order chi connectivity index (χ0) is 30.6. The molecular formula is C33H50N6O4. The van der Waals surface area contributed by atoms with Gasteiger partial charge in [-0.3, -0.25) is 24.2 Å². The summed E-state index contributed by atoms with van der Waals surface area (Å²) in [6, 6.07) is 9.75. The van der Waals surface area contributed by atoms with E-state index in [0.29, 0.717) is 37.0 Å². The number of aromatic nitrogens is 2. The van der Waals surface area contributed by atoms with Crippen LogP contribution in [0.5, 0.6) is 0 Å². The molecule has 0 spiro atoms. The molecule has 2 aliphatic heterocycles. The molecule has 1 aliphatic carbocycles. The number of esters is 1. The predicted molar refractivity (Wildman–Crippen MR) is 169 cm³/mol. The Morgan fingerprint density at radius 2 is 1.60 bits per heavy atom. The number of para-hydroxylation sites is 2. The van der Waals surface area contributed by atoms with Crippen molar-refractivity contribution in [3.8, 4) is 0 Å². The van der Waals surface area contributed by atoms with Crippen molar-refractivity contribution in [3.63, 3.8) is 0 Å². The zero-order valence-corrected chi connectivity index (χ0v) is 26.2. The Hall–Kier alpha value is -2.98. The van der Waals surface area contributed by atoms with Crippen LogP contribution in [0.2, 0.25) is 0 Å². The van der Waals surface area contributed by atoms with Gasteiger partial charge in [-0.15, -0.1) is 0 Å². The number of rotatable bonds is 10. The van der Waals surface area contributed by atoms with Gasteiger partial charge in [-0.1, -0.05) is 44.2 Å². The van der Waals surface area contributed by atoms with Crippen molar-refractivity contribution in [3.05, 3.63) is 34.6 Å². The van der Waals surface area contributed by atoms with Crippen molar-refractivity contribution >= 4 is 28.7 Å². The summed E-state index contributed by atoms with van der Waals surface area (Å²) in [5.74, 6) is -0.666. The van der Waals surface area contributed by atoms with E-state index in [1.807, 2.05) is 28.8 Å². The molecule has 3 aliphatic rings. The van der Waals surface area contributed by atoms with Gasteiger partial charge in [0, 0.05) is 37.3 Å². The highest BCUT2D eigenvalue weighted by atomic mass is 16.6. The highest BCUT2D eigenvalue weighted by Crippen LogP contribution is 2.44. The second-order valence-corrected chi connectivity index (χ2v) is 13.8. The Bertz CT molecular complexity index is 1310. The number of fused-ring (bicyclic) bond motifs is 3. The number of piperidine rings is 1. The molecule has 2 bridgehead atoms. The number of carbonyl (C=O) groups excluding carboxylic acids is 2. The molecule has 3 fully saturated rings. The molecule has 1 aromatic carbocycles. The van der Waals surface area contributed by atoms with Gasteiger partial charge in [0.15, 0.2) is 5.82 Å². The lowest BCUT2D eigenvalue weighted by atomic mass is 9.89. The molecule has 3 N–H and O–H groups in total. The summed E-state index contributed by atoms with van der Waals surface area (Å²) < 4.78 is 7.42. The normalized spacial score (nSPS) is 23.7. The maximum Gasteiger partial charge on any atom is 0.320 e. The number of nitrogens with two attached hydrogens (primary N) is 1. The first-order valence-electron chi connectivity index (χ1n) is 16.3. The maximum absolute atomic E-state index is 14.0. The second-order valence-electron chi connectivity index (χ2n) is 13.8. The summed E-state index contributed by atoms with van der Waals surface area (Å²) in [4.78, 5) is 47.3. The van der Waals surface area contributed by atoms with Gasteiger partial charge >= 0.3 is 5.97 Å². The fourth-order valence-electron chi connectivity index (χ4n) is 7.68. The standard InChI is InChI=1S/C33H50N6O4/c1-33(2,3)43-30(41)22-37(21-29(34)40)18-17-35-31-32(42)39(28-14-10-9-13-27(28)36-31)26-19-24-15-16-25(20-26)38(24)23-11-7-5-4-6-8-12-23/h9-10,13-14,23-26H,4-8,11-12,15-22H2,1-3H3,(H2,34,40)(H,35,36). The molecule has 1 amide bonds. The molecule has 2 aromatic rings. The van der Waals surface area contributed by atoms with Gasteiger partial charge in [0.2, 0.25) is 5.91 Å². The van der Waals surface area contributed by atoms with Gasteiger partial charge in [0.05, 0.1) is 24.1 Å². The van der Waals surface area contributed by atoms with E-state index in [9.17, 15) is 14.4 Å². The first-order valence-corrected chi connectivity index (χ1v) is 16.3. The summed E-state index contributed by atoms with van der Waals surface area (Å²) in [6.45, 7) is 5.89. The Kier molecular flexibility index (Phi) is 10.1. The van der Waals surface area contributed by atoms with E-state index in [2.05, 4.69) is 10.2 Å². The number of hydrogen-bond donors (Lipinski definition) is 2. The Morgan fingerprint density at radius 3 is 2.26 bits per heavy atom. The van der Waals surface area contributed by atoms with Crippen molar-refractivity contribution in [1.82, 2.24) is 19.4 Å². The first-order chi connectivity index (χ1) is 20.6.